The van der Waals surface area contributed by atoms with E-state index in [0.29, 0.717) is 33.3 Å². The van der Waals surface area contributed by atoms with Crippen molar-refractivity contribution in [2.24, 2.45) is 36.1 Å². The molecule has 3 aromatic carbocycles. The molecule has 0 radical (unpaired) electrons. The summed E-state index contributed by atoms with van der Waals surface area (Å²) in [5, 5.41) is 17.3. The van der Waals surface area contributed by atoms with Crippen molar-refractivity contribution in [1.29, 1.82) is 0 Å². The molecule has 2 aliphatic heterocycles. The predicted octanol–water partition coefficient (Wildman–Crippen LogP) is 9.58. The van der Waals surface area contributed by atoms with Crippen LogP contribution < -0.4 is 9.80 Å². The van der Waals surface area contributed by atoms with E-state index in [0.717, 1.165) is 31.5 Å². The molecule has 4 aliphatic rings. The second-order valence-electron chi connectivity index (χ2n) is 15.8. The zero-order chi connectivity index (χ0) is 43.1. The van der Waals surface area contributed by atoms with Crippen LogP contribution in [0.5, 0.6) is 5.75 Å². The molecule has 9 rings (SSSR count). The normalized spacial score (nSPS) is 25.6. The Bertz CT molecular complexity index is 2750. The minimum absolute atomic E-state index is 0.0888. The number of benzene rings is 3. The van der Waals surface area contributed by atoms with Gasteiger partial charge in [-0.15, -0.1) is 11.3 Å². The molecule has 2 aromatic heterocycles. The molecule has 0 bridgehead atoms. The highest BCUT2D eigenvalue weighted by Gasteiger charge is 2.68. The zero-order valence-electron chi connectivity index (χ0n) is 31.5. The van der Waals surface area contributed by atoms with Gasteiger partial charge in [0.25, 0.3) is 0 Å². The lowest BCUT2D eigenvalue weighted by Crippen LogP contribution is -2.49. The number of alkyl halides is 6. The summed E-state index contributed by atoms with van der Waals surface area (Å²) in [6.07, 6.45) is -9.46. The second kappa shape index (κ2) is 13.2. The van der Waals surface area contributed by atoms with E-state index in [1.807, 2.05) is 19.1 Å². The number of nitrogens with zero attached hydrogens (tertiary/aromatic N) is 4. The first-order chi connectivity index (χ1) is 28.1. The number of fused-ring (bicyclic) bond motifs is 5. The van der Waals surface area contributed by atoms with Gasteiger partial charge in [-0.2, -0.15) is 31.4 Å². The summed E-state index contributed by atoms with van der Waals surface area (Å²) < 4.78 is 101. The number of thiophene rings is 1. The van der Waals surface area contributed by atoms with Gasteiger partial charge in [0.05, 0.1) is 44.9 Å². The summed E-state index contributed by atoms with van der Waals surface area (Å²) in [4.78, 5) is 60.3. The van der Waals surface area contributed by atoms with Crippen LogP contribution >= 0.6 is 22.9 Å². The van der Waals surface area contributed by atoms with Crippen LogP contribution in [-0.2, 0) is 38.6 Å². The van der Waals surface area contributed by atoms with Gasteiger partial charge in [0.2, 0.25) is 23.6 Å². The molecule has 4 amide bonds. The van der Waals surface area contributed by atoms with Gasteiger partial charge in [0, 0.05) is 34.3 Å². The first-order valence-corrected chi connectivity index (χ1v) is 19.8. The number of carbonyl (C=O) groups is 4. The number of amides is 4. The van der Waals surface area contributed by atoms with Crippen LogP contribution in [0.2, 0.25) is 5.02 Å². The summed E-state index contributed by atoms with van der Waals surface area (Å²) >= 11 is 7.69. The highest BCUT2D eigenvalue weighted by molar-refractivity contribution is 7.22. The van der Waals surface area contributed by atoms with Crippen LogP contribution in [0.4, 0.5) is 42.2 Å². The van der Waals surface area contributed by atoms with Crippen LogP contribution in [0.25, 0.3) is 20.7 Å². The Hall–Kier alpha value is -5.55. The van der Waals surface area contributed by atoms with Crippen molar-refractivity contribution >= 4 is 68.2 Å². The highest BCUT2D eigenvalue weighted by atomic mass is 35.5. The van der Waals surface area contributed by atoms with Crippen LogP contribution in [0.1, 0.15) is 47.9 Å². The first kappa shape index (κ1) is 39.9. The van der Waals surface area contributed by atoms with Crippen molar-refractivity contribution < 1.29 is 55.0 Å². The number of allylic oxidation sites excluding steroid dienone is 2. The Kier molecular flexibility index (Phi) is 8.79. The van der Waals surface area contributed by atoms with Gasteiger partial charge in [-0.1, -0.05) is 35.4 Å². The Morgan fingerprint density at radius 3 is 2.23 bits per heavy atom. The summed E-state index contributed by atoms with van der Waals surface area (Å²) in [5.74, 6) is -11.6. The molecule has 0 unspecified atom stereocenters. The number of phenols is 1. The Balaban J connectivity index is 1.15. The van der Waals surface area contributed by atoms with Crippen molar-refractivity contribution in [3.63, 3.8) is 0 Å². The standard InChI is InChI=1S/C42H30ClF7N4O5S/c1-17-25-14-20(43)7-10-30(25)60-35(17)29-16-31(52(3)51-29)54-37(57)27-15-26-22(33(40(27,2)39(54)59)24-5-4-6-28(44)34(24)55)8-9-23-32(26)38(58)53(36(23)56)21-12-18(41(45,46)47)11-19(13-21)42(48,49)50/h4-8,10-14,16,23,26-27,32-33,55H,9,15H2,1-3H3/t23-,26+,27-,32-,33+,40+/m0/s1. The zero-order valence-corrected chi connectivity index (χ0v) is 33.0. The van der Waals surface area contributed by atoms with E-state index < -0.39 is 99.4 Å². The van der Waals surface area contributed by atoms with Crippen molar-refractivity contribution in [1.82, 2.24) is 9.78 Å². The SMILES string of the molecule is Cc1c(-c2cc(N3C(=O)[C@@H]4C[C@@H]5C(=CC[C@@H]6C(=O)N(c7cc(C(F)(F)F)cc(C(F)(F)F)c7)C(=O)[C@@H]65)[C@H](c5cccc(F)c5O)[C@]4(C)C3=O)n(C)n2)sc2ccc(Cl)cc12. The lowest BCUT2D eigenvalue weighted by Gasteiger charge is -2.49. The quantitative estimate of drug-likeness (QED) is 0.109. The lowest BCUT2D eigenvalue weighted by molar-refractivity contribution is -0.143. The lowest BCUT2D eigenvalue weighted by atomic mass is 9.51. The number of aromatic hydroxyl groups is 1. The molecule has 0 spiro atoms. The number of imide groups is 2. The van der Waals surface area contributed by atoms with Gasteiger partial charge in [-0.3, -0.25) is 23.9 Å². The number of halogens is 8. The number of rotatable bonds is 4. The molecule has 2 saturated heterocycles. The molecule has 60 heavy (non-hydrogen) atoms. The molecule has 18 heteroatoms. The summed E-state index contributed by atoms with van der Waals surface area (Å²) in [5.41, 5.74) is -4.60. The highest BCUT2D eigenvalue weighted by Crippen LogP contribution is 2.65. The molecular formula is C42H30ClF7N4O5S. The molecule has 5 aromatic rings. The van der Waals surface area contributed by atoms with Crippen LogP contribution in [0, 0.1) is 41.8 Å². The number of aromatic nitrogens is 2. The second-order valence-corrected chi connectivity index (χ2v) is 17.3. The third-order valence-electron chi connectivity index (χ3n) is 12.6. The number of phenolic OH excluding ortho intramolecular Hbond substituents is 1. The van der Waals surface area contributed by atoms with E-state index in [1.165, 1.54) is 35.1 Å². The molecule has 9 nitrogen and oxygen atoms in total. The smallest absolute Gasteiger partial charge is 0.416 e. The van der Waals surface area contributed by atoms with Gasteiger partial charge < -0.3 is 5.11 Å². The van der Waals surface area contributed by atoms with Gasteiger partial charge in [-0.05, 0) is 86.0 Å². The Morgan fingerprint density at radius 2 is 1.57 bits per heavy atom. The van der Waals surface area contributed by atoms with E-state index in [2.05, 4.69) is 5.10 Å². The maximum Gasteiger partial charge on any atom is 0.416 e. The third-order valence-corrected chi connectivity index (χ3v) is 14.2. The number of anilines is 2. The van der Waals surface area contributed by atoms with Crippen molar-refractivity contribution in [3.8, 4) is 16.3 Å². The number of carbonyl (C=O) groups excluding carboxylic acids is 4. The summed E-state index contributed by atoms with van der Waals surface area (Å²) in [7, 11) is 1.54. The number of hydrogen-bond acceptors (Lipinski definition) is 7. The van der Waals surface area contributed by atoms with Crippen molar-refractivity contribution in [3.05, 3.63) is 105 Å². The topological polar surface area (TPSA) is 113 Å². The Morgan fingerprint density at radius 1 is 0.883 bits per heavy atom. The minimum atomic E-state index is -5.27. The number of hydrogen-bond donors (Lipinski definition) is 1. The summed E-state index contributed by atoms with van der Waals surface area (Å²) in [6.45, 7) is 3.39. The number of aryl methyl sites for hydroxylation is 2. The predicted molar refractivity (Wildman–Crippen MR) is 205 cm³/mol. The van der Waals surface area contributed by atoms with E-state index in [1.54, 1.807) is 25.3 Å². The molecule has 4 heterocycles. The van der Waals surface area contributed by atoms with Gasteiger partial charge in [0.1, 0.15) is 11.5 Å². The molecule has 1 N–H and O–H groups in total. The molecule has 310 valence electrons. The fourth-order valence-electron chi connectivity index (χ4n) is 9.88. The summed E-state index contributed by atoms with van der Waals surface area (Å²) in [6, 6.07) is 11.2. The van der Waals surface area contributed by atoms with Gasteiger partial charge in [-0.25, -0.2) is 14.2 Å². The average molecular weight is 871 g/mol. The maximum absolute atomic E-state index is 15.2. The maximum atomic E-state index is 15.2. The van der Waals surface area contributed by atoms with E-state index in [4.69, 9.17) is 11.6 Å². The molecule has 3 fully saturated rings. The molecule has 1 saturated carbocycles. The molecular weight excluding hydrogens is 841 g/mol. The average Bonchev–Trinajstić information content (AvgIpc) is 3.85. The molecule has 2 aliphatic carbocycles. The molecule has 6 atom stereocenters. The Labute approximate surface area is 344 Å². The van der Waals surface area contributed by atoms with Gasteiger partial charge in [0.15, 0.2) is 11.6 Å². The monoisotopic (exact) mass is 870 g/mol. The van der Waals surface area contributed by atoms with E-state index in [-0.39, 0.29) is 30.3 Å². The van der Waals surface area contributed by atoms with Crippen molar-refractivity contribution in [2.75, 3.05) is 9.80 Å². The van der Waals surface area contributed by atoms with Crippen LogP contribution in [0.3, 0.4) is 0 Å². The van der Waals surface area contributed by atoms with Crippen LogP contribution in [0.15, 0.2) is 72.3 Å². The fourth-order valence-corrected chi connectivity index (χ4v) is 11.2. The minimum Gasteiger partial charge on any atom is -0.505 e. The number of para-hydroxylation sites is 1. The largest absolute Gasteiger partial charge is 0.505 e. The van der Waals surface area contributed by atoms with Crippen molar-refractivity contribution in [2.45, 2.75) is 45.0 Å². The van der Waals surface area contributed by atoms with E-state index in [9.17, 15) is 45.8 Å². The third kappa shape index (κ3) is 5.67. The van der Waals surface area contributed by atoms with E-state index >= 15 is 9.18 Å². The van der Waals surface area contributed by atoms with Gasteiger partial charge >= 0.3 is 12.4 Å². The fraction of sp³-hybridized carbons (Fsp3) is 0.310. The van der Waals surface area contributed by atoms with Crippen LogP contribution in [-0.4, -0.2) is 38.5 Å². The first-order valence-electron chi connectivity index (χ1n) is 18.6.